The highest BCUT2D eigenvalue weighted by molar-refractivity contribution is 7.98. The Morgan fingerprint density at radius 3 is 2.54 bits per heavy atom. The molecule has 2 rings (SSSR count). The number of thioether (sulfide) groups is 1. The van der Waals surface area contributed by atoms with Gasteiger partial charge in [0.1, 0.15) is 0 Å². The summed E-state index contributed by atoms with van der Waals surface area (Å²) in [6.07, 6.45) is 2.77. The molecule has 24 heavy (non-hydrogen) atoms. The van der Waals surface area contributed by atoms with E-state index in [1.807, 2.05) is 19.2 Å². The molecule has 0 unspecified atom stereocenters. The van der Waals surface area contributed by atoms with E-state index < -0.39 is 0 Å². The number of halogens is 1. The van der Waals surface area contributed by atoms with Crippen molar-refractivity contribution >= 4 is 40.9 Å². The number of amides is 2. The molecule has 0 aliphatic rings. The summed E-state index contributed by atoms with van der Waals surface area (Å²) in [5, 5.41) is 5.97. The van der Waals surface area contributed by atoms with Crippen LogP contribution in [0.2, 0.25) is 5.02 Å². The van der Waals surface area contributed by atoms with Crippen molar-refractivity contribution in [1.29, 1.82) is 0 Å². The molecule has 0 saturated heterocycles. The van der Waals surface area contributed by atoms with E-state index in [1.54, 1.807) is 36.4 Å². The molecule has 0 fully saturated rings. The Kier molecular flexibility index (Phi) is 6.70. The second-order valence-corrected chi connectivity index (χ2v) is 6.39. The van der Waals surface area contributed by atoms with E-state index in [0.717, 1.165) is 11.3 Å². The summed E-state index contributed by atoms with van der Waals surface area (Å²) < 4.78 is 0. The van der Waals surface area contributed by atoms with Crippen LogP contribution in [0, 0.1) is 0 Å². The van der Waals surface area contributed by atoms with Gasteiger partial charge < -0.3 is 10.6 Å². The Hall–Kier alpha value is -1.98. The maximum Gasteiger partial charge on any atom is 0.257 e. The number of para-hydroxylation sites is 1. The Morgan fingerprint density at radius 2 is 1.83 bits per heavy atom. The minimum absolute atomic E-state index is 0.211. The quantitative estimate of drug-likeness (QED) is 0.746. The largest absolute Gasteiger partial charge is 0.352 e. The van der Waals surface area contributed by atoms with Crippen LogP contribution >= 0.6 is 23.4 Å². The molecular weight excluding hydrogens is 344 g/mol. The molecule has 2 aromatic carbocycles. The zero-order valence-corrected chi connectivity index (χ0v) is 15.1. The minimum atomic E-state index is -0.341. The molecule has 0 atom stereocenters. The molecule has 2 aromatic rings. The fourth-order valence-corrected chi connectivity index (χ4v) is 2.76. The van der Waals surface area contributed by atoms with Crippen LogP contribution in [0.4, 0.5) is 5.69 Å². The van der Waals surface area contributed by atoms with Crippen molar-refractivity contribution in [2.45, 2.75) is 18.2 Å². The van der Waals surface area contributed by atoms with Gasteiger partial charge in [-0.05, 0) is 43.0 Å². The van der Waals surface area contributed by atoms with Gasteiger partial charge in [0, 0.05) is 11.4 Å². The first-order chi connectivity index (χ1) is 11.6. The number of carbonyl (C=O) groups is 2. The van der Waals surface area contributed by atoms with E-state index in [9.17, 15) is 9.59 Å². The Labute approximate surface area is 151 Å². The van der Waals surface area contributed by atoms with Crippen LogP contribution in [-0.4, -0.2) is 24.6 Å². The van der Waals surface area contributed by atoms with Crippen LogP contribution in [0.25, 0.3) is 0 Å². The molecule has 4 nitrogen and oxygen atoms in total. The highest BCUT2D eigenvalue weighted by Gasteiger charge is 2.16. The smallest absolute Gasteiger partial charge is 0.257 e. The van der Waals surface area contributed by atoms with Crippen molar-refractivity contribution in [3.05, 3.63) is 58.6 Å². The molecule has 0 aliphatic heterocycles. The van der Waals surface area contributed by atoms with Crippen molar-refractivity contribution in [2.24, 2.45) is 0 Å². The Bertz CT molecular complexity index is 750. The second kappa shape index (κ2) is 8.76. The summed E-state index contributed by atoms with van der Waals surface area (Å²) >= 11 is 7.67. The van der Waals surface area contributed by atoms with Gasteiger partial charge in [0.25, 0.3) is 11.8 Å². The fraction of sp³-hybridized carbons (Fsp3) is 0.222. The van der Waals surface area contributed by atoms with Crippen molar-refractivity contribution in [2.75, 3.05) is 18.1 Å². The van der Waals surface area contributed by atoms with Crippen LogP contribution in [0.1, 0.15) is 34.1 Å². The summed E-state index contributed by atoms with van der Waals surface area (Å²) in [6, 6.07) is 12.2. The van der Waals surface area contributed by atoms with Gasteiger partial charge in [-0.1, -0.05) is 30.7 Å². The van der Waals surface area contributed by atoms with Crippen LogP contribution in [0.15, 0.2) is 47.4 Å². The van der Waals surface area contributed by atoms with E-state index in [1.165, 1.54) is 11.8 Å². The van der Waals surface area contributed by atoms with Gasteiger partial charge in [0.2, 0.25) is 0 Å². The lowest BCUT2D eigenvalue weighted by Crippen LogP contribution is -2.25. The minimum Gasteiger partial charge on any atom is -0.352 e. The molecule has 0 aliphatic carbocycles. The fourth-order valence-electron chi connectivity index (χ4n) is 2.12. The normalized spacial score (nSPS) is 10.3. The number of benzene rings is 2. The number of hydrogen-bond acceptors (Lipinski definition) is 3. The van der Waals surface area contributed by atoms with Crippen LogP contribution in [0.5, 0.6) is 0 Å². The molecule has 0 bridgehead atoms. The van der Waals surface area contributed by atoms with E-state index in [-0.39, 0.29) is 11.8 Å². The molecule has 126 valence electrons. The molecular formula is C18H19ClN2O2S. The number of nitrogens with one attached hydrogen (secondary N) is 2. The molecule has 0 saturated carbocycles. The van der Waals surface area contributed by atoms with Crippen LogP contribution in [-0.2, 0) is 0 Å². The standard InChI is InChI=1S/C18H19ClN2O2S/c1-3-10-20-17(22)13-6-4-5-7-16(13)21-18(23)14-11-12(24-2)8-9-15(14)19/h4-9,11H,3,10H2,1-2H3,(H,20,22)(H,21,23). The van der Waals surface area contributed by atoms with Gasteiger partial charge in [-0.3, -0.25) is 9.59 Å². The SMILES string of the molecule is CCCNC(=O)c1ccccc1NC(=O)c1cc(SC)ccc1Cl. The highest BCUT2D eigenvalue weighted by atomic mass is 35.5. The van der Waals surface area contributed by atoms with Crippen molar-refractivity contribution in [3.8, 4) is 0 Å². The Balaban J connectivity index is 2.25. The number of carbonyl (C=O) groups excluding carboxylic acids is 2. The zero-order chi connectivity index (χ0) is 17.5. The first-order valence-electron chi connectivity index (χ1n) is 7.59. The summed E-state index contributed by atoms with van der Waals surface area (Å²) in [6.45, 7) is 2.57. The second-order valence-electron chi connectivity index (χ2n) is 5.10. The molecule has 6 heteroatoms. The summed E-state index contributed by atoms with van der Waals surface area (Å²) in [7, 11) is 0. The van der Waals surface area contributed by atoms with Gasteiger partial charge in [-0.2, -0.15) is 0 Å². The molecule has 0 heterocycles. The Morgan fingerprint density at radius 1 is 1.08 bits per heavy atom. The first-order valence-corrected chi connectivity index (χ1v) is 9.19. The highest BCUT2D eigenvalue weighted by Crippen LogP contribution is 2.24. The van der Waals surface area contributed by atoms with Crippen molar-refractivity contribution in [1.82, 2.24) is 5.32 Å². The third-order valence-electron chi connectivity index (χ3n) is 3.37. The predicted molar refractivity (Wildman–Crippen MR) is 100 cm³/mol. The van der Waals surface area contributed by atoms with Crippen molar-refractivity contribution in [3.63, 3.8) is 0 Å². The van der Waals surface area contributed by atoms with E-state index in [4.69, 9.17) is 11.6 Å². The lowest BCUT2D eigenvalue weighted by Gasteiger charge is -2.12. The third kappa shape index (κ3) is 4.52. The summed E-state index contributed by atoms with van der Waals surface area (Å²) in [5.41, 5.74) is 1.27. The number of rotatable bonds is 6. The van der Waals surface area contributed by atoms with Gasteiger partial charge in [0.15, 0.2) is 0 Å². The third-order valence-corrected chi connectivity index (χ3v) is 4.43. The predicted octanol–water partition coefficient (Wildman–Crippen LogP) is 4.45. The van der Waals surface area contributed by atoms with Crippen LogP contribution in [0.3, 0.4) is 0 Å². The molecule has 0 spiro atoms. The zero-order valence-electron chi connectivity index (χ0n) is 13.6. The van der Waals surface area contributed by atoms with Gasteiger partial charge in [-0.15, -0.1) is 11.8 Å². The maximum atomic E-state index is 12.6. The maximum absolute atomic E-state index is 12.6. The number of anilines is 1. The molecule has 2 amide bonds. The lowest BCUT2D eigenvalue weighted by molar-refractivity contribution is 0.0954. The first kappa shape index (κ1) is 18.4. The van der Waals surface area contributed by atoms with Gasteiger partial charge in [0.05, 0.1) is 21.8 Å². The van der Waals surface area contributed by atoms with E-state index in [0.29, 0.717) is 28.4 Å². The van der Waals surface area contributed by atoms with Crippen molar-refractivity contribution < 1.29 is 9.59 Å². The average molecular weight is 363 g/mol. The van der Waals surface area contributed by atoms with E-state index in [2.05, 4.69) is 10.6 Å². The van der Waals surface area contributed by atoms with E-state index >= 15 is 0 Å². The van der Waals surface area contributed by atoms with Gasteiger partial charge >= 0.3 is 0 Å². The average Bonchev–Trinajstić information content (AvgIpc) is 2.60. The number of hydrogen-bond donors (Lipinski definition) is 2. The van der Waals surface area contributed by atoms with Crippen LogP contribution < -0.4 is 10.6 Å². The molecule has 0 radical (unpaired) electrons. The molecule has 2 N–H and O–H groups in total. The lowest BCUT2D eigenvalue weighted by atomic mass is 10.1. The monoisotopic (exact) mass is 362 g/mol. The topological polar surface area (TPSA) is 58.2 Å². The molecule has 0 aromatic heterocycles. The summed E-state index contributed by atoms with van der Waals surface area (Å²) in [4.78, 5) is 25.7. The van der Waals surface area contributed by atoms with Gasteiger partial charge in [-0.25, -0.2) is 0 Å². The summed E-state index contributed by atoms with van der Waals surface area (Å²) in [5.74, 6) is -0.552.